The van der Waals surface area contributed by atoms with E-state index in [4.69, 9.17) is 16.3 Å². The largest absolute Gasteiger partial charge is 0.462 e. The Bertz CT molecular complexity index is 1240. The molecule has 0 heterocycles. The van der Waals surface area contributed by atoms with E-state index in [1.165, 1.54) is 0 Å². The minimum absolute atomic E-state index is 0.179. The van der Waals surface area contributed by atoms with Crippen LogP contribution in [0.3, 0.4) is 0 Å². The number of carbonyl (C=O) groups is 1. The van der Waals surface area contributed by atoms with Crippen LogP contribution in [0.4, 0.5) is 0 Å². The maximum absolute atomic E-state index is 14.3. The number of ether oxygens (including phenoxy) is 1. The molecule has 0 aliphatic rings. The number of halogens is 1. The molecule has 0 saturated heterocycles. The fraction of sp³-hybridized carbons (Fsp3) is 0.0714. The predicted molar refractivity (Wildman–Crippen MR) is 145 cm³/mol. The molecule has 0 fully saturated rings. The van der Waals surface area contributed by atoms with E-state index in [9.17, 15) is 9.00 Å². The van der Waals surface area contributed by atoms with Gasteiger partial charge in [-0.1, -0.05) is 103 Å². The van der Waals surface area contributed by atoms with Crippen LogP contribution in [-0.2, 0) is 20.3 Å². The summed E-state index contributed by atoms with van der Waals surface area (Å²) >= 11 is 6.10. The van der Waals surface area contributed by atoms with Gasteiger partial charge in [0, 0.05) is 16.8 Å². The van der Waals surface area contributed by atoms with Crippen molar-refractivity contribution in [2.75, 3.05) is 6.61 Å². The van der Waals surface area contributed by atoms with Gasteiger partial charge in [-0.15, -0.1) is 0 Å². The SMILES string of the molecule is CCOC(=O)[13C](S(=O)c1ccc(Cl)cc1)=P(c1ccccc1)(c1ccccc1)c1ccccc1. The Labute approximate surface area is 207 Å². The molecule has 0 aliphatic heterocycles. The van der Waals surface area contributed by atoms with Gasteiger partial charge < -0.3 is 4.74 Å². The zero-order valence-electron chi connectivity index (χ0n) is 18.6. The molecule has 0 amide bonds. The third-order valence-electron chi connectivity index (χ3n) is 5.39. The predicted octanol–water partition coefficient (Wildman–Crippen LogP) is 5.13. The summed E-state index contributed by atoms with van der Waals surface area (Å²) in [6.07, 6.45) is 0. The highest BCUT2D eigenvalue weighted by molar-refractivity contribution is 8.18. The van der Waals surface area contributed by atoms with E-state index in [1.54, 1.807) is 31.2 Å². The van der Waals surface area contributed by atoms with Crippen molar-refractivity contribution in [1.29, 1.82) is 0 Å². The first-order valence-electron chi connectivity index (χ1n) is 10.9. The van der Waals surface area contributed by atoms with E-state index in [2.05, 4.69) is 0 Å². The summed E-state index contributed by atoms with van der Waals surface area (Å²) in [5.41, 5.74) is 0. The van der Waals surface area contributed by atoms with Crippen molar-refractivity contribution in [3.05, 3.63) is 120 Å². The van der Waals surface area contributed by atoms with Gasteiger partial charge in [-0.2, -0.15) is 0 Å². The molecule has 172 valence electrons. The van der Waals surface area contributed by atoms with Crippen LogP contribution in [0.2, 0.25) is 5.02 Å². The molecular weight excluding hydrogens is 484 g/mol. The Kier molecular flexibility index (Phi) is 7.84. The van der Waals surface area contributed by atoms with E-state index in [1.807, 2.05) is 91.0 Å². The van der Waals surface area contributed by atoms with E-state index in [0.717, 1.165) is 15.9 Å². The van der Waals surface area contributed by atoms with Crippen LogP contribution in [0.15, 0.2) is 120 Å². The molecule has 0 aliphatic carbocycles. The van der Waals surface area contributed by atoms with Crippen LogP contribution < -0.4 is 15.9 Å². The molecule has 3 nitrogen and oxygen atoms in total. The zero-order chi connectivity index (χ0) is 24.0. The van der Waals surface area contributed by atoms with Crippen molar-refractivity contribution in [2.45, 2.75) is 11.8 Å². The summed E-state index contributed by atoms with van der Waals surface area (Å²) in [7, 11) is -1.80. The Hall–Kier alpha value is -2.91. The van der Waals surface area contributed by atoms with Crippen molar-refractivity contribution in [1.82, 2.24) is 0 Å². The van der Waals surface area contributed by atoms with Crippen molar-refractivity contribution in [2.24, 2.45) is 0 Å². The second-order valence-corrected chi connectivity index (χ2v) is 12.9. The Balaban J connectivity index is 2.24. The fourth-order valence-electron chi connectivity index (χ4n) is 3.95. The van der Waals surface area contributed by atoms with E-state index in [-0.39, 0.29) is 11.2 Å². The Morgan fingerprint density at radius 3 is 1.53 bits per heavy atom. The van der Waals surface area contributed by atoms with Crippen LogP contribution in [0, 0.1) is 0 Å². The maximum atomic E-state index is 14.3. The lowest BCUT2D eigenvalue weighted by Gasteiger charge is -2.31. The van der Waals surface area contributed by atoms with Crippen LogP contribution >= 0.6 is 18.5 Å². The second-order valence-electron chi connectivity index (χ2n) is 7.43. The lowest BCUT2D eigenvalue weighted by atomic mass is 10.4. The molecular formula is C28H24ClO3PS. The smallest absolute Gasteiger partial charge is 0.348 e. The Morgan fingerprint density at radius 2 is 1.15 bits per heavy atom. The average molecular weight is 508 g/mol. The molecule has 34 heavy (non-hydrogen) atoms. The van der Waals surface area contributed by atoms with Gasteiger partial charge >= 0.3 is 5.97 Å². The van der Waals surface area contributed by atoms with E-state index >= 15 is 0 Å². The first kappa shape index (κ1) is 24.2. The third-order valence-corrected chi connectivity index (χ3v) is 12.2. The first-order chi connectivity index (χ1) is 16.6. The van der Waals surface area contributed by atoms with Gasteiger partial charge in [0.05, 0.1) is 17.4 Å². The second kappa shape index (κ2) is 11.0. The van der Waals surface area contributed by atoms with Gasteiger partial charge in [-0.05, 0) is 47.1 Å². The summed E-state index contributed by atoms with van der Waals surface area (Å²) in [5.74, 6) is -0.555. The molecule has 0 aromatic heterocycles. The maximum Gasteiger partial charge on any atom is 0.348 e. The van der Waals surface area contributed by atoms with E-state index < -0.39 is 23.7 Å². The van der Waals surface area contributed by atoms with Crippen LogP contribution in [-0.4, -0.2) is 21.4 Å². The van der Waals surface area contributed by atoms with Gasteiger partial charge in [0.25, 0.3) is 0 Å². The normalized spacial score (nSPS) is 12.1. The minimum atomic E-state index is -2.87. The highest BCUT2D eigenvalue weighted by Crippen LogP contribution is 2.47. The monoisotopic (exact) mass is 507 g/mol. The summed E-state index contributed by atoms with van der Waals surface area (Å²) in [5, 5.41) is 3.32. The topological polar surface area (TPSA) is 43.4 Å². The molecule has 0 bridgehead atoms. The number of esters is 1. The first-order valence-corrected chi connectivity index (χ1v) is 14.2. The average Bonchev–Trinajstić information content (AvgIpc) is 2.89. The third kappa shape index (κ3) is 4.67. The summed E-state index contributed by atoms with van der Waals surface area (Å²) in [6.45, 7) is -0.936. The zero-order valence-corrected chi connectivity index (χ0v) is 21.1. The molecule has 4 aromatic rings. The molecule has 0 spiro atoms. The molecule has 4 aromatic carbocycles. The highest BCUT2D eigenvalue weighted by Gasteiger charge is 2.37. The van der Waals surface area contributed by atoms with Crippen molar-refractivity contribution in [3.63, 3.8) is 0 Å². The van der Waals surface area contributed by atoms with Crippen molar-refractivity contribution >= 4 is 55.8 Å². The number of rotatable bonds is 7. The lowest BCUT2D eigenvalue weighted by molar-refractivity contribution is -0.134. The van der Waals surface area contributed by atoms with Crippen LogP contribution in [0.1, 0.15) is 6.92 Å². The lowest BCUT2D eigenvalue weighted by Crippen LogP contribution is -2.36. The quantitative estimate of drug-likeness (QED) is 0.198. The van der Waals surface area contributed by atoms with Gasteiger partial charge in [-0.25, -0.2) is 9.00 Å². The number of carbonyl (C=O) groups excluding carboxylic acids is 1. The molecule has 6 heteroatoms. The summed E-state index contributed by atoms with van der Waals surface area (Å²) < 4.78 is 20.1. The number of benzene rings is 4. The van der Waals surface area contributed by atoms with Crippen LogP contribution in [0.5, 0.6) is 0 Å². The minimum Gasteiger partial charge on any atom is -0.462 e. The molecule has 0 N–H and O–H groups in total. The standard InChI is InChI=1S/C28H24ClO3PS/c1-2-32-27(30)28(34(31)26-20-18-22(29)19-21-26)33(23-12-6-3-7-13-23,24-14-8-4-9-15-24)25-16-10-5-11-17-25/h3-21H,2H2,1H3/i28+1. The van der Waals surface area contributed by atoms with Gasteiger partial charge in [0.15, 0.2) is 0 Å². The van der Waals surface area contributed by atoms with Gasteiger partial charge in [0.1, 0.15) is 4.63 Å². The number of hydrogen-bond acceptors (Lipinski definition) is 3. The molecule has 1 unspecified atom stereocenters. The molecule has 1 atom stereocenters. The summed E-state index contributed by atoms with van der Waals surface area (Å²) in [6, 6.07) is 36.3. The van der Waals surface area contributed by atoms with E-state index in [0.29, 0.717) is 9.92 Å². The number of hydrogen-bond donors (Lipinski definition) is 0. The Morgan fingerprint density at radius 1 is 0.735 bits per heavy atom. The van der Waals surface area contributed by atoms with Crippen LogP contribution in [0.25, 0.3) is 0 Å². The molecule has 0 saturated carbocycles. The summed E-state index contributed by atoms with van der Waals surface area (Å²) in [4.78, 5) is 14.2. The van der Waals surface area contributed by atoms with Gasteiger partial charge in [0.2, 0.25) is 0 Å². The van der Waals surface area contributed by atoms with Crippen molar-refractivity contribution < 1.29 is 13.7 Å². The fourth-order valence-corrected chi connectivity index (χ4v) is 11.0. The molecule has 4 rings (SSSR count). The van der Waals surface area contributed by atoms with Gasteiger partial charge in [-0.3, -0.25) is 0 Å². The highest BCUT2D eigenvalue weighted by atomic mass is 35.5. The molecule has 0 radical (unpaired) electrons. The van der Waals surface area contributed by atoms with Crippen molar-refractivity contribution in [3.8, 4) is 0 Å².